The van der Waals surface area contributed by atoms with E-state index < -0.39 is 4.92 Å². The summed E-state index contributed by atoms with van der Waals surface area (Å²) in [5, 5.41) is 15.1. The molecule has 1 aromatic carbocycles. The molecular weight excluding hydrogens is 256 g/mol. The number of rotatable bonds is 6. The van der Waals surface area contributed by atoms with Gasteiger partial charge in [-0.25, -0.2) is 0 Å². The van der Waals surface area contributed by atoms with Crippen molar-refractivity contribution in [3.05, 3.63) is 34.4 Å². The molecule has 2 rings (SSSR count). The van der Waals surface area contributed by atoms with E-state index in [1.54, 1.807) is 12.1 Å². The third-order valence-electron chi connectivity index (χ3n) is 3.17. The molecule has 0 unspecified atom stereocenters. The molecule has 1 heterocycles. The van der Waals surface area contributed by atoms with Gasteiger partial charge in [0.1, 0.15) is 0 Å². The number of nitrogens with two attached hydrogens (primary N) is 1. The molecule has 0 amide bonds. The van der Waals surface area contributed by atoms with Crippen molar-refractivity contribution in [2.45, 2.75) is 26.2 Å². The Hall–Kier alpha value is -2.37. The van der Waals surface area contributed by atoms with Crippen molar-refractivity contribution in [1.29, 1.82) is 0 Å². The fourth-order valence-corrected chi connectivity index (χ4v) is 2.13. The average Bonchev–Trinajstić information content (AvgIpc) is 2.44. The van der Waals surface area contributed by atoms with Crippen LogP contribution in [-0.4, -0.2) is 16.5 Å². The maximum atomic E-state index is 11.0. The zero-order valence-corrected chi connectivity index (χ0v) is 11.4. The largest absolute Gasteiger partial charge is 0.390 e. The molecule has 0 saturated heterocycles. The van der Waals surface area contributed by atoms with E-state index in [1.165, 1.54) is 0 Å². The van der Waals surface area contributed by atoms with Crippen LogP contribution in [0.3, 0.4) is 0 Å². The number of nitrogens with zero attached hydrogens (tertiary/aromatic N) is 2. The summed E-state index contributed by atoms with van der Waals surface area (Å²) in [6.07, 6.45) is 3.23. The fraction of sp³-hybridized carbons (Fsp3) is 0.357. The number of nitrogens with one attached hydrogen (secondary N) is 1. The van der Waals surface area contributed by atoms with E-state index in [2.05, 4.69) is 17.2 Å². The lowest BCUT2D eigenvalue weighted by molar-refractivity contribution is -0.388. The smallest absolute Gasteiger partial charge is 0.389 e. The first-order valence-electron chi connectivity index (χ1n) is 6.71. The molecule has 6 nitrogen and oxygen atoms in total. The third-order valence-corrected chi connectivity index (χ3v) is 3.17. The standard InChI is InChI=1S/C14H18N4O2/c1-2-3-6-9-16-13-10-7-4-5-8-11(10)17-14(12(13)15)18(19)20/h4-5,7-8H,2-3,6,9,15H2,1H3,(H,16,17). The number of para-hydroxylation sites is 1. The summed E-state index contributed by atoms with van der Waals surface area (Å²) in [6.45, 7) is 2.87. The Kier molecular flexibility index (Phi) is 4.34. The van der Waals surface area contributed by atoms with Gasteiger partial charge >= 0.3 is 5.82 Å². The second-order valence-electron chi connectivity index (χ2n) is 4.63. The van der Waals surface area contributed by atoms with E-state index in [1.807, 2.05) is 12.1 Å². The highest BCUT2D eigenvalue weighted by Crippen LogP contribution is 2.34. The predicted molar refractivity (Wildman–Crippen MR) is 80.8 cm³/mol. The van der Waals surface area contributed by atoms with Crippen LogP contribution in [0.1, 0.15) is 26.2 Å². The van der Waals surface area contributed by atoms with Crippen LogP contribution >= 0.6 is 0 Å². The Morgan fingerprint density at radius 1 is 1.35 bits per heavy atom. The van der Waals surface area contributed by atoms with Crippen molar-refractivity contribution in [2.24, 2.45) is 0 Å². The van der Waals surface area contributed by atoms with E-state index in [-0.39, 0.29) is 11.5 Å². The Labute approximate surface area is 117 Å². The molecule has 6 heteroatoms. The second kappa shape index (κ2) is 6.18. The Balaban J connectivity index is 2.43. The van der Waals surface area contributed by atoms with Crippen LogP contribution < -0.4 is 11.1 Å². The molecule has 0 fully saturated rings. The van der Waals surface area contributed by atoms with Crippen LogP contribution in [0.15, 0.2) is 24.3 Å². The van der Waals surface area contributed by atoms with Crippen molar-refractivity contribution < 1.29 is 4.92 Å². The molecule has 3 N–H and O–H groups in total. The highest BCUT2D eigenvalue weighted by Gasteiger charge is 2.21. The zero-order chi connectivity index (χ0) is 14.5. The van der Waals surface area contributed by atoms with Crippen LogP contribution in [0.4, 0.5) is 17.2 Å². The van der Waals surface area contributed by atoms with Gasteiger partial charge in [-0.2, -0.15) is 0 Å². The fourth-order valence-electron chi connectivity index (χ4n) is 2.13. The first kappa shape index (κ1) is 14.0. The number of nitro groups is 1. The molecule has 0 aliphatic carbocycles. The predicted octanol–water partition coefficient (Wildman–Crippen LogP) is 3.33. The van der Waals surface area contributed by atoms with Gasteiger partial charge in [0.15, 0.2) is 11.2 Å². The molecule has 106 valence electrons. The highest BCUT2D eigenvalue weighted by atomic mass is 16.6. The van der Waals surface area contributed by atoms with Gasteiger partial charge in [-0.3, -0.25) is 0 Å². The van der Waals surface area contributed by atoms with Crippen LogP contribution in [0, 0.1) is 10.1 Å². The maximum Gasteiger partial charge on any atom is 0.389 e. The maximum absolute atomic E-state index is 11.0. The second-order valence-corrected chi connectivity index (χ2v) is 4.63. The zero-order valence-electron chi connectivity index (χ0n) is 11.4. The molecule has 0 aliphatic rings. The van der Waals surface area contributed by atoms with E-state index in [0.717, 1.165) is 31.2 Å². The number of unbranched alkanes of at least 4 members (excludes halogenated alkanes) is 2. The first-order valence-corrected chi connectivity index (χ1v) is 6.71. The number of hydrogen-bond acceptors (Lipinski definition) is 5. The molecule has 0 spiro atoms. The Morgan fingerprint density at radius 3 is 2.80 bits per heavy atom. The van der Waals surface area contributed by atoms with Crippen molar-refractivity contribution in [3.8, 4) is 0 Å². The van der Waals surface area contributed by atoms with Crippen LogP contribution in [0.25, 0.3) is 10.9 Å². The minimum Gasteiger partial charge on any atom is -0.390 e. The number of nitrogen functional groups attached to an aromatic ring is 1. The molecule has 20 heavy (non-hydrogen) atoms. The van der Waals surface area contributed by atoms with Crippen molar-refractivity contribution in [2.75, 3.05) is 17.6 Å². The van der Waals surface area contributed by atoms with Gasteiger partial charge in [0.2, 0.25) is 0 Å². The Bertz CT molecular complexity index is 628. The molecular formula is C14H18N4O2. The van der Waals surface area contributed by atoms with E-state index >= 15 is 0 Å². The Morgan fingerprint density at radius 2 is 2.10 bits per heavy atom. The third kappa shape index (κ3) is 2.79. The van der Waals surface area contributed by atoms with Crippen LogP contribution in [-0.2, 0) is 0 Å². The summed E-state index contributed by atoms with van der Waals surface area (Å²) in [7, 11) is 0. The number of fused-ring (bicyclic) bond motifs is 1. The van der Waals surface area contributed by atoms with Gasteiger partial charge in [0, 0.05) is 6.54 Å². The summed E-state index contributed by atoms with van der Waals surface area (Å²) in [5.74, 6) is -0.290. The number of pyridine rings is 1. The van der Waals surface area contributed by atoms with E-state index in [0.29, 0.717) is 11.2 Å². The monoisotopic (exact) mass is 274 g/mol. The molecule has 0 bridgehead atoms. The summed E-state index contributed by atoms with van der Waals surface area (Å²) in [5.41, 5.74) is 7.19. The number of anilines is 2. The number of hydrogen-bond donors (Lipinski definition) is 2. The molecule has 0 saturated carbocycles. The van der Waals surface area contributed by atoms with Crippen LogP contribution in [0.5, 0.6) is 0 Å². The molecule has 0 atom stereocenters. The topological polar surface area (TPSA) is 94.1 Å². The minimum absolute atomic E-state index is 0.102. The minimum atomic E-state index is -0.543. The SMILES string of the molecule is CCCCCNc1c(N)c([N+](=O)[O-])nc2ccccc12. The number of aromatic nitrogens is 1. The van der Waals surface area contributed by atoms with Crippen LogP contribution in [0.2, 0.25) is 0 Å². The highest BCUT2D eigenvalue weighted by molar-refractivity contribution is 5.99. The van der Waals surface area contributed by atoms with Crippen molar-refractivity contribution in [1.82, 2.24) is 4.98 Å². The van der Waals surface area contributed by atoms with Gasteiger partial charge in [-0.15, -0.1) is 0 Å². The quantitative estimate of drug-likeness (QED) is 0.478. The average molecular weight is 274 g/mol. The van der Waals surface area contributed by atoms with E-state index in [4.69, 9.17) is 5.73 Å². The summed E-state index contributed by atoms with van der Waals surface area (Å²) < 4.78 is 0. The van der Waals surface area contributed by atoms with Gasteiger partial charge < -0.3 is 21.2 Å². The first-order chi connectivity index (χ1) is 9.65. The van der Waals surface area contributed by atoms with Gasteiger partial charge in [-0.1, -0.05) is 31.9 Å². The van der Waals surface area contributed by atoms with Gasteiger partial charge in [0.25, 0.3) is 0 Å². The summed E-state index contributed by atoms with van der Waals surface area (Å²) >= 11 is 0. The number of benzene rings is 1. The molecule has 0 aliphatic heterocycles. The van der Waals surface area contributed by atoms with E-state index in [9.17, 15) is 10.1 Å². The molecule has 0 radical (unpaired) electrons. The van der Waals surface area contributed by atoms with Crippen molar-refractivity contribution in [3.63, 3.8) is 0 Å². The molecule has 2 aromatic rings. The van der Waals surface area contributed by atoms with Gasteiger partial charge in [0.05, 0.1) is 11.1 Å². The van der Waals surface area contributed by atoms with Gasteiger partial charge in [-0.05, 0) is 28.5 Å². The lowest BCUT2D eigenvalue weighted by Crippen LogP contribution is -2.08. The summed E-state index contributed by atoms with van der Waals surface area (Å²) in [6, 6.07) is 7.28. The molecule has 1 aromatic heterocycles. The normalized spacial score (nSPS) is 10.7. The lowest BCUT2D eigenvalue weighted by Gasteiger charge is -2.11. The lowest BCUT2D eigenvalue weighted by atomic mass is 10.1. The van der Waals surface area contributed by atoms with Crippen molar-refractivity contribution >= 4 is 28.1 Å². The summed E-state index contributed by atoms with van der Waals surface area (Å²) in [4.78, 5) is 14.5.